The van der Waals surface area contributed by atoms with Crippen molar-refractivity contribution in [1.29, 1.82) is 5.26 Å². The summed E-state index contributed by atoms with van der Waals surface area (Å²) >= 11 is 3.07. The SMILES string of the molecule is N#CCSc1nc(-c2cccs2)nc2ccccc12. The summed E-state index contributed by atoms with van der Waals surface area (Å²) in [5, 5.41) is 12.6. The van der Waals surface area contributed by atoms with Crippen LogP contribution in [0.5, 0.6) is 0 Å². The highest BCUT2D eigenvalue weighted by atomic mass is 32.2. The predicted octanol–water partition coefficient (Wildman–Crippen LogP) is 3.97. The van der Waals surface area contributed by atoms with E-state index in [2.05, 4.69) is 16.0 Å². The van der Waals surface area contributed by atoms with Gasteiger partial charge in [0.1, 0.15) is 5.03 Å². The molecule has 0 spiro atoms. The molecular weight excluding hydrogens is 274 g/mol. The summed E-state index contributed by atoms with van der Waals surface area (Å²) in [6.45, 7) is 0. The van der Waals surface area contributed by atoms with E-state index in [1.807, 2.05) is 41.8 Å². The highest BCUT2D eigenvalue weighted by molar-refractivity contribution is 7.99. The molecule has 3 nitrogen and oxygen atoms in total. The van der Waals surface area contributed by atoms with Crippen LogP contribution in [0, 0.1) is 11.3 Å². The number of aromatic nitrogens is 2. The zero-order chi connectivity index (χ0) is 13.1. The number of nitriles is 1. The minimum atomic E-state index is 0.394. The molecule has 3 rings (SSSR count). The zero-order valence-corrected chi connectivity index (χ0v) is 11.5. The Bertz CT molecular complexity index is 745. The third-order valence-corrected chi connectivity index (χ3v) is 4.31. The van der Waals surface area contributed by atoms with Gasteiger partial charge in [0.25, 0.3) is 0 Å². The topological polar surface area (TPSA) is 49.6 Å². The summed E-state index contributed by atoms with van der Waals surface area (Å²) in [4.78, 5) is 10.2. The monoisotopic (exact) mass is 283 g/mol. The molecule has 0 aliphatic rings. The van der Waals surface area contributed by atoms with E-state index in [0.717, 1.165) is 26.6 Å². The third-order valence-electron chi connectivity index (χ3n) is 2.58. The molecular formula is C14H9N3S2. The number of rotatable bonds is 3. The molecule has 0 aliphatic carbocycles. The Hall–Kier alpha value is -1.90. The van der Waals surface area contributed by atoms with Gasteiger partial charge in [0.15, 0.2) is 5.82 Å². The molecule has 0 radical (unpaired) electrons. The van der Waals surface area contributed by atoms with Crippen LogP contribution in [0.2, 0.25) is 0 Å². The molecule has 5 heteroatoms. The van der Waals surface area contributed by atoms with Gasteiger partial charge in [-0.05, 0) is 17.5 Å². The number of hydrogen-bond donors (Lipinski definition) is 0. The van der Waals surface area contributed by atoms with E-state index in [1.54, 1.807) is 11.3 Å². The quantitative estimate of drug-likeness (QED) is 0.539. The van der Waals surface area contributed by atoms with Gasteiger partial charge in [0.05, 0.1) is 22.2 Å². The minimum Gasteiger partial charge on any atom is -0.227 e. The van der Waals surface area contributed by atoms with Crippen LogP contribution in [0.25, 0.3) is 21.6 Å². The fourth-order valence-corrected chi connectivity index (χ4v) is 3.11. The van der Waals surface area contributed by atoms with Gasteiger partial charge in [0.2, 0.25) is 0 Å². The first-order valence-corrected chi connectivity index (χ1v) is 7.55. The van der Waals surface area contributed by atoms with E-state index in [-0.39, 0.29) is 0 Å². The molecule has 3 aromatic rings. The second-order valence-electron chi connectivity index (χ2n) is 3.79. The minimum absolute atomic E-state index is 0.394. The summed E-state index contributed by atoms with van der Waals surface area (Å²) in [5.41, 5.74) is 0.918. The standard InChI is InChI=1S/C14H9N3S2/c15-7-9-19-14-10-4-1-2-5-11(10)16-13(17-14)12-6-3-8-18-12/h1-6,8H,9H2. The molecule has 0 unspecified atom stereocenters. The number of nitrogens with zero attached hydrogens (tertiary/aromatic N) is 3. The molecule has 0 aliphatic heterocycles. The van der Waals surface area contributed by atoms with Crippen LogP contribution in [0.15, 0.2) is 46.8 Å². The first-order chi connectivity index (χ1) is 9.38. The second-order valence-corrected chi connectivity index (χ2v) is 5.71. The molecule has 92 valence electrons. The Morgan fingerprint density at radius 3 is 2.84 bits per heavy atom. The number of fused-ring (bicyclic) bond motifs is 1. The van der Waals surface area contributed by atoms with E-state index in [0.29, 0.717) is 5.75 Å². The van der Waals surface area contributed by atoms with Crippen LogP contribution in [0.3, 0.4) is 0 Å². The van der Waals surface area contributed by atoms with Crippen LogP contribution < -0.4 is 0 Å². The van der Waals surface area contributed by atoms with Crippen molar-refractivity contribution in [2.45, 2.75) is 5.03 Å². The summed E-state index contributed by atoms with van der Waals surface area (Å²) in [6, 6.07) is 14.0. The first-order valence-electron chi connectivity index (χ1n) is 5.69. The van der Waals surface area contributed by atoms with Crippen molar-refractivity contribution in [3.8, 4) is 16.8 Å². The first kappa shape index (κ1) is 12.2. The Balaban J connectivity index is 2.18. The molecule has 0 fully saturated rings. The van der Waals surface area contributed by atoms with Gasteiger partial charge in [-0.3, -0.25) is 0 Å². The molecule has 0 amide bonds. The lowest BCUT2D eigenvalue weighted by molar-refractivity contribution is 1.12. The lowest BCUT2D eigenvalue weighted by Crippen LogP contribution is -1.92. The maximum atomic E-state index is 8.74. The second kappa shape index (κ2) is 5.39. The van der Waals surface area contributed by atoms with Crippen LogP contribution >= 0.6 is 23.1 Å². The van der Waals surface area contributed by atoms with Crippen molar-refractivity contribution in [3.63, 3.8) is 0 Å². The highest BCUT2D eigenvalue weighted by Gasteiger charge is 2.09. The number of benzene rings is 1. The number of thiophene rings is 1. The van der Waals surface area contributed by atoms with Crippen LogP contribution in [-0.2, 0) is 0 Å². The summed E-state index contributed by atoms with van der Waals surface area (Å²) in [7, 11) is 0. The smallest absolute Gasteiger partial charge is 0.171 e. The predicted molar refractivity (Wildman–Crippen MR) is 79.2 cm³/mol. The van der Waals surface area contributed by atoms with Gasteiger partial charge in [-0.2, -0.15) is 5.26 Å². The maximum Gasteiger partial charge on any atom is 0.171 e. The fourth-order valence-electron chi connectivity index (χ4n) is 1.77. The lowest BCUT2D eigenvalue weighted by atomic mass is 10.2. The van der Waals surface area contributed by atoms with E-state index in [4.69, 9.17) is 5.26 Å². The number of para-hydroxylation sites is 1. The average Bonchev–Trinajstić information content (AvgIpc) is 2.98. The Morgan fingerprint density at radius 2 is 2.05 bits per heavy atom. The average molecular weight is 283 g/mol. The fraction of sp³-hybridized carbons (Fsp3) is 0.0714. The van der Waals surface area contributed by atoms with Crippen molar-refractivity contribution in [2.75, 3.05) is 5.75 Å². The van der Waals surface area contributed by atoms with Crippen molar-refractivity contribution < 1.29 is 0 Å². The Kier molecular flexibility index (Phi) is 3.45. The molecule has 0 atom stereocenters. The third kappa shape index (κ3) is 2.46. The van der Waals surface area contributed by atoms with Gasteiger partial charge < -0.3 is 0 Å². The highest BCUT2D eigenvalue weighted by Crippen LogP contribution is 2.29. The Morgan fingerprint density at radius 1 is 1.16 bits per heavy atom. The van der Waals surface area contributed by atoms with Crippen LogP contribution in [0.1, 0.15) is 0 Å². The van der Waals surface area contributed by atoms with Gasteiger partial charge >= 0.3 is 0 Å². The van der Waals surface area contributed by atoms with Gasteiger partial charge in [-0.1, -0.05) is 36.0 Å². The molecule has 1 aromatic carbocycles. The van der Waals surface area contributed by atoms with E-state index >= 15 is 0 Å². The molecule has 0 saturated heterocycles. The Labute approximate surface area is 118 Å². The van der Waals surface area contributed by atoms with Crippen molar-refractivity contribution in [1.82, 2.24) is 9.97 Å². The summed E-state index contributed by atoms with van der Waals surface area (Å²) < 4.78 is 0. The summed E-state index contributed by atoms with van der Waals surface area (Å²) in [6.07, 6.45) is 0. The summed E-state index contributed by atoms with van der Waals surface area (Å²) in [5.74, 6) is 1.12. The molecule has 0 bridgehead atoms. The van der Waals surface area contributed by atoms with Gasteiger partial charge in [0, 0.05) is 5.39 Å². The lowest BCUT2D eigenvalue weighted by Gasteiger charge is -2.05. The van der Waals surface area contributed by atoms with Crippen LogP contribution in [-0.4, -0.2) is 15.7 Å². The van der Waals surface area contributed by atoms with E-state index in [9.17, 15) is 0 Å². The molecule has 0 N–H and O–H groups in total. The molecule has 2 aromatic heterocycles. The molecule has 19 heavy (non-hydrogen) atoms. The maximum absolute atomic E-state index is 8.74. The van der Waals surface area contributed by atoms with Gasteiger partial charge in [-0.15, -0.1) is 11.3 Å². The van der Waals surface area contributed by atoms with Crippen molar-refractivity contribution >= 4 is 34.0 Å². The molecule has 0 saturated carbocycles. The number of thioether (sulfide) groups is 1. The zero-order valence-electron chi connectivity index (χ0n) is 9.91. The normalized spacial score (nSPS) is 10.5. The molecule has 2 heterocycles. The largest absolute Gasteiger partial charge is 0.227 e. The van der Waals surface area contributed by atoms with Crippen molar-refractivity contribution in [2.24, 2.45) is 0 Å². The van der Waals surface area contributed by atoms with Crippen LogP contribution in [0.4, 0.5) is 0 Å². The van der Waals surface area contributed by atoms with Gasteiger partial charge in [-0.25, -0.2) is 9.97 Å². The van der Waals surface area contributed by atoms with Crippen molar-refractivity contribution in [3.05, 3.63) is 41.8 Å². The van der Waals surface area contributed by atoms with E-state index < -0.39 is 0 Å². The number of hydrogen-bond acceptors (Lipinski definition) is 5. The van der Waals surface area contributed by atoms with E-state index in [1.165, 1.54) is 11.8 Å².